The van der Waals surface area contributed by atoms with Crippen molar-refractivity contribution in [2.75, 3.05) is 0 Å². The number of imidazole rings is 1. The van der Waals surface area contributed by atoms with Crippen LogP contribution in [-0.4, -0.2) is 27.6 Å². The van der Waals surface area contributed by atoms with Gasteiger partial charge in [-0.15, -0.1) is 54.1 Å². The summed E-state index contributed by atoms with van der Waals surface area (Å²) < 4.78 is 26.5. The maximum Gasteiger partial charge on any atom is 0.120 e. The Morgan fingerprint density at radius 3 is 2.00 bits per heavy atom. The van der Waals surface area contributed by atoms with E-state index < -0.39 is 14.4 Å². The Bertz CT molecular complexity index is 3610. The summed E-state index contributed by atoms with van der Waals surface area (Å²) in [5, 5.41) is 4.23. The summed E-state index contributed by atoms with van der Waals surface area (Å²) in [6.45, 7) is 15.8. The molecule has 0 unspecified atom stereocenters. The van der Waals surface area contributed by atoms with E-state index in [0.29, 0.717) is 5.56 Å². The van der Waals surface area contributed by atoms with Crippen molar-refractivity contribution >= 4 is 57.1 Å². The zero-order valence-corrected chi connectivity index (χ0v) is 42.8. The van der Waals surface area contributed by atoms with Crippen molar-refractivity contribution < 1.29 is 27.3 Å². The van der Waals surface area contributed by atoms with Gasteiger partial charge in [-0.1, -0.05) is 167 Å². The van der Waals surface area contributed by atoms with E-state index in [4.69, 9.17) is 17.1 Å². The molecule has 0 aliphatic rings. The molecule has 0 aliphatic heterocycles. The SMILES string of the molecule is CC(C)c1cc(-c2ccccc2)cc(C(C)C)c1-n1c(-c2[c-]ccc3c2oc2ccccc23)nc2c3ccccc3ncc21.[2H]C([2H])(c1ccccc1)c1cc(-c2[c-]cccc2)ncc1[Si](C)(C)C.[Ir]. The fourth-order valence-electron chi connectivity index (χ4n) is 9.07. The van der Waals surface area contributed by atoms with Crippen LogP contribution in [0, 0.1) is 12.1 Å². The first kappa shape index (κ1) is 43.8. The zero-order chi connectivity index (χ0) is 48.0. The van der Waals surface area contributed by atoms with Crippen molar-refractivity contribution in [2.24, 2.45) is 0 Å². The molecule has 7 heteroatoms. The molecule has 4 heterocycles. The monoisotopic (exact) mass is 1080 g/mol. The second kappa shape index (κ2) is 19.5. The van der Waals surface area contributed by atoms with Gasteiger partial charge in [-0.05, 0) is 81.2 Å². The molecule has 11 aromatic rings. The van der Waals surface area contributed by atoms with E-state index in [2.05, 4.69) is 142 Å². The molecule has 5 nitrogen and oxygen atoms in total. The molecule has 0 bridgehead atoms. The molecule has 1 radical (unpaired) electrons. The molecular weight excluding hydrogens is 1030 g/mol. The van der Waals surface area contributed by atoms with Crippen molar-refractivity contribution in [2.45, 2.75) is 65.5 Å². The molecule has 0 N–H and O–H groups in total. The molecule has 0 saturated heterocycles. The van der Waals surface area contributed by atoms with Crippen LogP contribution >= 0.6 is 0 Å². The minimum atomic E-state index is -1.76. The second-order valence-corrected chi connectivity index (χ2v) is 23.8. The van der Waals surface area contributed by atoms with E-state index in [9.17, 15) is 0 Å². The van der Waals surface area contributed by atoms with Crippen LogP contribution in [0.25, 0.3) is 83.3 Å². The molecule has 0 atom stereocenters. The van der Waals surface area contributed by atoms with Gasteiger partial charge < -0.3 is 14.0 Å². The van der Waals surface area contributed by atoms with Crippen molar-refractivity contribution in [3.63, 3.8) is 0 Å². The number of fused-ring (bicyclic) bond motifs is 6. The summed E-state index contributed by atoms with van der Waals surface area (Å²) >= 11 is 0. The molecule has 0 fully saturated rings. The molecule has 0 spiro atoms. The van der Waals surface area contributed by atoms with Crippen molar-refractivity contribution in [3.8, 4) is 39.5 Å². The zero-order valence-electron chi connectivity index (χ0n) is 41.4. The van der Waals surface area contributed by atoms with E-state index in [1.165, 1.54) is 22.3 Å². The Morgan fingerprint density at radius 2 is 1.31 bits per heavy atom. The maximum atomic E-state index is 8.84. The quantitative estimate of drug-likeness (QED) is 0.107. The predicted octanol–water partition coefficient (Wildman–Crippen LogP) is 15.5. The van der Waals surface area contributed by atoms with E-state index >= 15 is 0 Å². The van der Waals surface area contributed by atoms with E-state index in [-0.39, 0.29) is 31.9 Å². The van der Waals surface area contributed by atoms with Crippen LogP contribution in [0.1, 0.15) is 64.5 Å². The fraction of sp³-hybridized carbons (Fsp3) is 0.164. The fourth-order valence-corrected chi connectivity index (χ4v) is 10.5. The number of rotatable bonds is 9. The van der Waals surface area contributed by atoms with Gasteiger partial charge in [0.15, 0.2) is 0 Å². The van der Waals surface area contributed by atoms with E-state index in [0.717, 1.165) is 83.0 Å². The van der Waals surface area contributed by atoms with Crippen LogP contribution in [0.2, 0.25) is 19.6 Å². The number of furan rings is 1. The van der Waals surface area contributed by atoms with Crippen molar-refractivity contribution in [1.82, 2.24) is 19.5 Å². The second-order valence-electron chi connectivity index (χ2n) is 18.8. The van der Waals surface area contributed by atoms with Gasteiger partial charge in [0.2, 0.25) is 0 Å². The van der Waals surface area contributed by atoms with E-state index in [1.54, 1.807) is 0 Å². The molecule has 11 rings (SSSR count). The van der Waals surface area contributed by atoms with Gasteiger partial charge in [0.25, 0.3) is 0 Å². The average Bonchev–Trinajstić information content (AvgIpc) is 3.96. The Balaban J connectivity index is 0.000000200. The number of pyridine rings is 2. The van der Waals surface area contributed by atoms with Crippen LogP contribution in [0.15, 0.2) is 181 Å². The summed E-state index contributed by atoms with van der Waals surface area (Å²) in [6, 6.07) is 61.6. The number of para-hydroxylation sites is 2. The number of nitrogens with zero attached hydrogens (tertiary/aromatic N) is 4. The summed E-state index contributed by atoms with van der Waals surface area (Å²) in [6.07, 6.45) is 2.29. The predicted molar refractivity (Wildman–Crippen MR) is 282 cm³/mol. The van der Waals surface area contributed by atoms with Crippen LogP contribution in [-0.2, 0) is 26.5 Å². The van der Waals surface area contributed by atoms with Gasteiger partial charge in [0, 0.05) is 45.5 Å². The topological polar surface area (TPSA) is 56.7 Å². The summed E-state index contributed by atoms with van der Waals surface area (Å²) in [5.74, 6) is 1.32. The smallest absolute Gasteiger partial charge is 0.120 e. The Morgan fingerprint density at radius 1 is 0.647 bits per heavy atom. The molecule has 0 saturated carbocycles. The molecule has 7 aromatic carbocycles. The molecule has 0 aliphatic carbocycles. The number of aromatic nitrogens is 4. The summed E-state index contributed by atoms with van der Waals surface area (Å²) in [7, 11) is -1.76. The third-order valence-electron chi connectivity index (χ3n) is 12.5. The number of hydrogen-bond acceptors (Lipinski definition) is 4. The van der Waals surface area contributed by atoms with Gasteiger partial charge in [-0.3, -0.25) is 9.97 Å². The summed E-state index contributed by atoms with van der Waals surface area (Å²) in [4.78, 5) is 15.0. The first-order valence-electron chi connectivity index (χ1n) is 24.2. The van der Waals surface area contributed by atoms with Gasteiger partial charge in [0.05, 0.1) is 42.2 Å². The third-order valence-corrected chi connectivity index (χ3v) is 14.5. The van der Waals surface area contributed by atoms with E-state index in [1.807, 2.05) is 103 Å². The minimum Gasteiger partial charge on any atom is -0.501 e. The third kappa shape index (κ3) is 9.02. The Hall–Kier alpha value is -6.76. The van der Waals surface area contributed by atoms with Crippen LogP contribution < -0.4 is 5.19 Å². The van der Waals surface area contributed by atoms with Crippen LogP contribution in [0.3, 0.4) is 0 Å². The largest absolute Gasteiger partial charge is 0.501 e. The van der Waals surface area contributed by atoms with Gasteiger partial charge >= 0.3 is 0 Å². The maximum absolute atomic E-state index is 8.84. The average molecular weight is 1080 g/mol. The normalized spacial score (nSPS) is 12.3. The van der Waals surface area contributed by atoms with Crippen LogP contribution in [0.4, 0.5) is 0 Å². The van der Waals surface area contributed by atoms with Crippen molar-refractivity contribution in [1.29, 1.82) is 0 Å². The summed E-state index contributed by atoms with van der Waals surface area (Å²) in [5.41, 5.74) is 14.5. The number of hydrogen-bond donors (Lipinski definition) is 0. The number of benzene rings is 7. The Labute approximate surface area is 417 Å². The molecule has 0 amide bonds. The van der Waals surface area contributed by atoms with Gasteiger partial charge in [-0.25, -0.2) is 0 Å². The molecular formula is C61H54IrN4OSi-2. The molecule has 339 valence electrons. The van der Waals surface area contributed by atoms with Gasteiger partial charge in [0.1, 0.15) is 5.58 Å². The Kier molecular flexibility index (Phi) is 12.5. The molecule has 4 aromatic heterocycles. The van der Waals surface area contributed by atoms with Gasteiger partial charge in [-0.2, -0.15) is 0 Å². The van der Waals surface area contributed by atoms with Crippen LogP contribution in [0.5, 0.6) is 0 Å². The first-order valence-corrected chi connectivity index (χ1v) is 26.7. The first-order chi connectivity index (χ1) is 33.3. The van der Waals surface area contributed by atoms with Crippen molar-refractivity contribution in [3.05, 3.63) is 211 Å². The standard InChI is InChI=1S/C40H32N3O.C21H22NSi.Ir/c1-24(2)32-21-27(26-13-6-5-7-14-26)22-33(25(3)4)38(32)43-35-23-41-34-19-10-8-16-30(34)37(35)42-40(43)31-18-12-17-29-28-15-9-11-20-36(28)44-39(29)31;1-23(2,3)21-16-22-20(18-12-8-5-9-13-18)15-19(21)14-17-10-6-4-7-11-17;/h5-17,19-25H,1-4H3;4-12,15-16H,14H2,1-3H3;/q2*-1;/i;14D2;. The molecule has 68 heavy (non-hydrogen) atoms. The minimum absolute atomic E-state index is 0.